The number of rotatable bonds is 6. The van der Waals surface area contributed by atoms with Crippen LogP contribution in [-0.2, 0) is 9.59 Å². The van der Waals surface area contributed by atoms with E-state index in [1.54, 1.807) is 0 Å². The van der Waals surface area contributed by atoms with Gasteiger partial charge in [-0.15, -0.1) is 0 Å². The van der Waals surface area contributed by atoms with Gasteiger partial charge in [0.15, 0.2) is 0 Å². The number of nitrogens with zero attached hydrogens (tertiary/aromatic N) is 1. The maximum atomic E-state index is 12.0. The zero-order valence-electron chi connectivity index (χ0n) is 10.5. The van der Waals surface area contributed by atoms with E-state index in [0.717, 1.165) is 0 Å². The van der Waals surface area contributed by atoms with Gasteiger partial charge in [-0.05, 0) is 30.7 Å². The SMILES string of the molecule is Nc1ccc(C(=O)N(N)C(CCC(=O)O)C(=O)O)cc1. The second kappa shape index (κ2) is 6.53. The van der Waals surface area contributed by atoms with Crippen molar-refractivity contribution in [2.24, 2.45) is 5.84 Å². The summed E-state index contributed by atoms with van der Waals surface area (Å²) in [6.07, 6.45) is -0.679. The molecule has 0 spiro atoms. The highest BCUT2D eigenvalue weighted by Crippen LogP contribution is 2.11. The van der Waals surface area contributed by atoms with Gasteiger partial charge in [0.05, 0.1) is 0 Å². The maximum absolute atomic E-state index is 12.0. The van der Waals surface area contributed by atoms with Gasteiger partial charge in [0.1, 0.15) is 6.04 Å². The van der Waals surface area contributed by atoms with Crippen LogP contribution in [0.15, 0.2) is 24.3 Å². The van der Waals surface area contributed by atoms with Crippen LogP contribution in [0.4, 0.5) is 5.69 Å². The first-order valence-electron chi connectivity index (χ1n) is 5.71. The third kappa shape index (κ3) is 3.95. The molecule has 0 aliphatic heterocycles. The zero-order chi connectivity index (χ0) is 15.3. The molecule has 0 fully saturated rings. The Kier molecular flexibility index (Phi) is 5.04. The van der Waals surface area contributed by atoms with Crippen LogP contribution in [0.5, 0.6) is 0 Å². The van der Waals surface area contributed by atoms with Gasteiger partial charge in [0.2, 0.25) is 0 Å². The summed E-state index contributed by atoms with van der Waals surface area (Å²) in [5.41, 5.74) is 6.10. The Morgan fingerprint density at radius 3 is 2.15 bits per heavy atom. The molecule has 0 saturated carbocycles. The molecule has 1 aromatic carbocycles. The predicted octanol–water partition coefficient (Wildman–Crippen LogP) is -0.0973. The van der Waals surface area contributed by atoms with Crippen LogP contribution >= 0.6 is 0 Å². The molecule has 1 aromatic rings. The first kappa shape index (κ1) is 15.4. The topological polar surface area (TPSA) is 147 Å². The number of amides is 1. The normalized spacial score (nSPS) is 11.7. The molecule has 0 heterocycles. The number of carbonyl (C=O) groups excluding carboxylic acids is 1. The highest BCUT2D eigenvalue weighted by Gasteiger charge is 2.28. The van der Waals surface area contributed by atoms with Crippen molar-refractivity contribution in [3.8, 4) is 0 Å². The minimum absolute atomic E-state index is 0.170. The molecule has 0 aromatic heterocycles. The highest BCUT2D eigenvalue weighted by molar-refractivity contribution is 5.96. The monoisotopic (exact) mass is 281 g/mol. The summed E-state index contributed by atoms with van der Waals surface area (Å²) < 4.78 is 0. The number of hydrogen-bond acceptors (Lipinski definition) is 5. The van der Waals surface area contributed by atoms with E-state index in [2.05, 4.69) is 0 Å². The average molecular weight is 281 g/mol. The molecule has 1 atom stereocenters. The van der Waals surface area contributed by atoms with Crippen molar-refractivity contribution in [2.75, 3.05) is 5.73 Å². The van der Waals surface area contributed by atoms with Gasteiger partial charge in [-0.3, -0.25) is 14.6 Å². The molecule has 0 bridgehead atoms. The molecule has 1 rings (SSSR count). The van der Waals surface area contributed by atoms with Crippen molar-refractivity contribution in [1.29, 1.82) is 0 Å². The molecule has 0 aliphatic carbocycles. The summed E-state index contributed by atoms with van der Waals surface area (Å²) >= 11 is 0. The van der Waals surface area contributed by atoms with Crippen LogP contribution in [0.3, 0.4) is 0 Å². The third-order valence-corrected chi connectivity index (χ3v) is 2.64. The van der Waals surface area contributed by atoms with Crippen LogP contribution in [0, 0.1) is 0 Å². The fraction of sp³-hybridized carbons (Fsp3) is 0.250. The largest absolute Gasteiger partial charge is 0.481 e. The summed E-state index contributed by atoms with van der Waals surface area (Å²) in [7, 11) is 0. The number of carbonyl (C=O) groups is 3. The van der Waals surface area contributed by atoms with E-state index in [-0.39, 0.29) is 12.0 Å². The van der Waals surface area contributed by atoms with Gasteiger partial charge < -0.3 is 15.9 Å². The quantitative estimate of drug-likeness (QED) is 0.246. The lowest BCUT2D eigenvalue weighted by Crippen LogP contribution is -2.49. The smallest absolute Gasteiger partial charge is 0.328 e. The first-order chi connectivity index (χ1) is 9.32. The minimum atomic E-state index is -1.41. The van der Waals surface area contributed by atoms with Crippen molar-refractivity contribution < 1.29 is 24.6 Å². The van der Waals surface area contributed by atoms with Crippen LogP contribution in [0.2, 0.25) is 0 Å². The van der Waals surface area contributed by atoms with E-state index < -0.39 is 30.3 Å². The van der Waals surface area contributed by atoms with Crippen molar-refractivity contribution in [2.45, 2.75) is 18.9 Å². The highest BCUT2D eigenvalue weighted by atomic mass is 16.4. The number of aliphatic carboxylic acids is 2. The van der Waals surface area contributed by atoms with E-state index in [9.17, 15) is 14.4 Å². The molecule has 0 saturated heterocycles. The standard InChI is InChI=1S/C12H15N3O5/c13-8-3-1-7(2-4-8)11(18)15(14)9(12(19)20)5-6-10(16)17/h1-4,9H,5-6,13-14H2,(H,16,17)(H,19,20). The molecular formula is C12H15N3O5. The molecule has 1 unspecified atom stereocenters. The van der Waals surface area contributed by atoms with Gasteiger partial charge in [-0.25, -0.2) is 10.6 Å². The molecular weight excluding hydrogens is 266 g/mol. The van der Waals surface area contributed by atoms with Crippen molar-refractivity contribution >= 4 is 23.5 Å². The lowest BCUT2D eigenvalue weighted by Gasteiger charge is -2.23. The molecule has 20 heavy (non-hydrogen) atoms. The minimum Gasteiger partial charge on any atom is -0.481 e. The van der Waals surface area contributed by atoms with E-state index in [1.807, 2.05) is 0 Å². The van der Waals surface area contributed by atoms with Gasteiger partial charge in [0, 0.05) is 17.7 Å². The number of carboxylic acids is 2. The average Bonchev–Trinajstić information content (AvgIpc) is 2.38. The Balaban J connectivity index is 2.85. The van der Waals surface area contributed by atoms with E-state index >= 15 is 0 Å². The van der Waals surface area contributed by atoms with Crippen LogP contribution < -0.4 is 11.6 Å². The Morgan fingerprint density at radius 1 is 1.15 bits per heavy atom. The third-order valence-electron chi connectivity index (χ3n) is 2.64. The number of hydrogen-bond donors (Lipinski definition) is 4. The molecule has 0 radical (unpaired) electrons. The Morgan fingerprint density at radius 2 is 1.70 bits per heavy atom. The van der Waals surface area contributed by atoms with Crippen LogP contribution in [0.1, 0.15) is 23.2 Å². The van der Waals surface area contributed by atoms with Crippen molar-refractivity contribution in [3.63, 3.8) is 0 Å². The lowest BCUT2D eigenvalue weighted by molar-refractivity contribution is -0.143. The zero-order valence-corrected chi connectivity index (χ0v) is 10.5. The molecule has 6 N–H and O–H groups in total. The number of nitrogen functional groups attached to an aromatic ring is 1. The second-order valence-corrected chi connectivity index (χ2v) is 4.12. The molecule has 0 aliphatic rings. The summed E-state index contributed by atoms with van der Waals surface area (Å²) in [6.45, 7) is 0. The maximum Gasteiger partial charge on any atom is 0.328 e. The van der Waals surface area contributed by atoms with E-state index in [1.165, 1.54) is 24.3 Å². The fourth-order valence-electron chi connectivity index (χ4n) is 1.56. The molecule has 108 valence electrons. The fourth-order valence-corrected chi connectivity index (χ4v) is 1.56. The van der Waals surface area contributed by atoms with Crippen molar-refractivity contribution in [1.82, 2.24) is 5.01 Å². The van der Waals surface area contributed by atoms with Gasteiger partial charge in [-0.2, -0.15) is 0 Å². The van der Waals surface area contributed by atoms with Crippen molar-refractivity contribution in [3.05, 3.63) is 29.8 Å². The van der Waals surface area contributed by atoms with Crippen LogP contribution in [-0.4, -0.2) is 39.1 Å². The molecule has 8 heteroatoms. The van der Waals surface area contributed by atoms with Gasteiger partial charge >= 0.3 is 11.9 Å². The predicted molar refractivity (Wildman–Crippen MR) is 69.5 cm³/mol. The van der Waals surface area contributed by atoms with Gasteiger partial charge in [0.25, 0.3) is 5.91 Å². The molecule has 1 amide bonds. The Bertz CT molecular complexity index is 514. The number of nitrogens with two attached hydrogens (primary N) is 2. The number of anilines is 1. The Labute approximate surface area is 114 Å². The first-order valence-corrected chi connectivity index (χ1v) is 5.71. The van der Waals surface area contributed by atoms with Crippen LogP contribution in [0.25, 0.3) is 0 Å². The Hall–Kier alpha value is -2.61. The molecule has 8 nitrogen and oxygen atoms in total. The summed E-state index contributed by atoms with van der Waals surface area (Å²) in [5.74, 6) is 2.25. The summed E-state index contributed by atoms with van der Waals surface area (Å²) in [5, 5.41) is 18.1. The number of carboxylic acid groups (broad SMARTS) is 2. The van der Waals surface area contributed by atoms with E-state index in [0.29, 0.717) is 10.7 Å². The van der Waals surface area contributed by atoms with E-state index in [4.69, 9.17) is 21.8 Å². The lowest BCUT2D eigenvalue weighted by atomic mass is 10.1. The van der Waals surface area contributed by atoms with Gasteiger partial charge in [-0.1, -0.05) is 0 Å². The number of hydrazine groups is 1. The number of benzene rings is 1. The second-order valence-electron chi connectivity index (χ2n) is 4.12. The summed E-state index contributed by atoms with van der Waals surface area (Å²) in [4.78, 5) is 33.5. The summed E-state index contributed by atoms with van der Waals surface area (Å²) in [6, 6.07) is 4.37.